The Morgan fingerprint density at radius 3 is 2.04 bits per heavy atom. The van der Waals surface area contributed by atoms with Gasteiger partial charge in [-0.1, -0.05) is 66.2 Å². The second-order valence-corrected chi connectivity index (χ2v) is 6.84. The van der Waals surface area contributed by atoms with E-state index in [9.17, 15) is 9.59 Å². The highest BCUT2D eigenvalue weighted by Crippen LogP contribution is 2.34. The summed E-state index contributed by atoms with van der Waals surface area (Å²) in [4.78, 5) is 27.8. The molecule has 4 nitrogen and oxygen atoms in total. The zero-order chi connectivity index (χ0) is 19.7. The summed E-state index contributed by atoms with van der Waals surface area (Å²) in [6, 6.07) is 24.3. The average Bonchev–Trinajstić information content (AvgIpc) is 2.95. The molecule has 1 heterocycles. The van der Waals surface area contributed by atoms with Crippen LogP contribution in [0.15, 0.2) is 84.6 Å². The second kappa shape index (κ2) is 7.16. The number of para-hydroxylation sites is 1. The molecule has 0 saturated carbocycles. The fourth-order valence-electron chi connectivity index (χ4n) is 3.42. The summed E-state index contributed by atoms with van der Waals surface area (Å²) in [6.07, 6.45) is 0. The largest absolute Gasteiger partial charge is 0.350 e. The Hall–Kier alpha value is -3.66. The van der Waals surface area contributed by atoms with Crippen LogP contribution >= 0.6 is 0 Å². The number of benzene rings is 3. The van der Waals surface area contributed by atoms with Gasteiger partial charge in [0.2, 0.25) is 0 Å². The third kappa shape index (κ3) is 3.09. The predicted molar refractivity (Wildman–Crippen MR) is 112 cm³/mol. The molecule has 3 aromatic carbocycles. The van der Waals surface area contributed by atoms with Crippen molar-refractivity contribution in [1.82, 2.24) is 0 Å². The van der Waals surface area contributed by atoms with Crippen molar-refractivity contribution in [3.63, 3.8) is 0 Å². The van der Waals surface area contributed by atoms with Gasteiger partial charge in [-0.05, 0) is 43.2 Å². The molecule has 0 fully saturated rings. The quantitative estimate of drug-likeness (QED) is 0.679. The fraction of sp³-hybridized carbons (Fsp3) is 0.0833. The summed E-state index contributed by atoms with van der Waals surface area (Å²) in [7, 11) is 0. The zero-order valence-corrected chi connectivity index (χ0v) is 15.8. The first-order valence-corrected chi connectivity index (χ1v) is 9.14. The Balaban J connectivity index is 1.83. The van der Waals surface area contributed by atoms with Crippen LogP contribution in [0.25, 0.3) is 5.57 Å². The van der Waals surface area contributed by atoms with Gasteiger partial charge in [0.15, 0.2) is 0 Å². The lowest BCUT2D eigenvalue weighted by Gasteiger charge is -2.15. The van der Waals surface area contributed by atoms with E-state index in [0.29, 0.717) is 22.5 Å². The van der Waals surface area contributed by atoms with Crippen LogP contribution in [0.3, 0.4) is 0 Å². The number of nitrogens with zero attached hydrogens (tertiary/aromatic N) is 1. The highest BCUT2D eigenvalue weighted by Gasteiger charge is 2.40. The molecule has 0 aromatic heterocycles. The molecule has 0 bridgehead atoms. The average molecular weight is 368 g/mol. The molecule has 0 aliphatic carbocycles. The van der Waals surface area contributed by atoms with Gasteiger partial charge in [0.1, 0.15) is 5.70 Å². The maximum atomic E-state index is 13.3. The lowest BCUT2D eigenvalue weighted by molar-refractivity contribution is -0.120. The van der Waals surface area contributed by atoms with Gasteiger partial charge in [0.05, 0.1) is 11.3 Å². The van der Waals surface area contributed by atoms with Crippen LogP contribution in [0.1, 0.15) is 16.7 Å². The van der Waals surface area contributed by atoms with E-state index in [-0.39, 0.29) is 11.8 Å². The number of imide groups is 1. The summed E-state index contributed by atoms with van der Waals surface area (Å²) < 4.78 is 0. The van der Waals surface area contributed by atoms with Crippen LogP contribution in [0.4, 0.5) is 11.4 Å². The normalized spacial score (nSPS) is 14.0. The van der Waals surface area contributed by atoms with Crippen LogP contribution in [0.5, 0.6) is 0 Å². The van der Waals surface area contributed by atoms with Crippen molar-refractivity contribution in [2.45, 2.75) is 13.8 Å². The van der Waals surface area contributed by atoms with E-state index in [4.69, 9.17) is 0 Å². The van der Waals surface area contributed by atoms with E-state index in [2.05, 4.69) is 5.32 Å². The van der Waals surface area contributed by atoms with Gasteiger partial charge >= 0.3 is 0 Å². The number of nitrogens with one attached hydrogen (secondary N) is 1. The van der Waals surface area contributed by atoms with Crippen LogP contribution in [-0.2, 0) is 9.59 Å². The summed E-state index contributed by atoms with van der Waals surface area (Å²) in [5.41, 5.74) is 4.92. The highest BCUT2D eigenvalue weighted by molar-refractivity contribution is 6.46. The molecule has 0 spiro atoms. The molecule has 2 amide bonds. The van der Waals surface area contributed by atoms with Gasteiger partial charge in [-0.25, -0.2) is 4.90 Å². The first-order valence-electron chi connectivity index (χ1n) is 9.14. The van der Waals surface area contributed by atoms with E-state index < -0.39 is 0 Å². The Morgan fingerprint density at radius 2 is 1.39 bits per heavy atom. The topological polar surface area (TPSA) is 49.4 Å². The first-order chi connectivity index (χ1) is 13.6. The molecule has 1 aliphatic heterocycles. The third-order valence-corrected chi connectivity index (χ3v) is 4.80. The Labute approximate surface area is 164 Å². The number of hydrogen-bond acceptors (Lipinski definition) is 3. The number of anilines is 2. The Morgan fingerprint density at radius 1 is 0.750 bits per heavy atom. The standard InChI is InChI=1S/C24H20N2O2/c1-16-13-14-20(17(2)15-16)25-22-21(18-9-5-3-6-10-18)23(27)26(24(22)28)19-11-7-4-8-12-19/h3-15,25H,1-2H3. The number of rotatable bonds is 4. The Bertz CT molecular complexity index is 1090. The maximum Gasteiger partial charge on any atom is 0.282 e. The minimum atomic E-state index is -0.352. The van der Waals surface area contributed by atoms with Gasteiger partial charge in [-0.2, -0.15) is 0 Å². The van der Waals surface area contributed by atoms with Gasteiger partial charge in [0, 0.05) is 5.69 Å². The van der Waals surface area contributed by atoms with Crippen molar-refractivity contribution in [2.24, 2.45) is 0 Å². The van der Waals surface area contributed by atoms with E-state index in [1.807, 2.05) is 80.6 Å². The summed E-state index contributed by atoms with van der Waals surface area (Å²) >= 11 is 0. The molecule has 1 N–H and O–H groups in total. The molecule has 1 aliphatic rings. The monoisotopic (exact) mass is 368 g/mol. The fourth-order valence-corrected chi connectivity index (χ4v) is 3.42. The smallest absolute Gasteiger partial charge is 0.282 e. The number of amides is 2. The molecule has 0 radical (unpaired) electrons. The minimum absolute atomic E-state index is 0.298. The molecular weight excluding hydrogens is 348 g/mol. The van der Waals surface area contributed by atoms with Gasteiger partial charge < -0.3 is 5.32 Å². The number of hydrogen-bond donors (Lipinski definition) is 1. The first kappa shape index (κ1) is 17.7. The number of aryl methyl sites for hydroxylation is 2. The molecule has 28 heavy (non-hydrogen) atoms. The third-order valence-electron chi connectivity index (χ3n) is 4.80. The summed E-state index contributed by atoms with van der Waals surface area (Å²) in [5.74, 6) is -0.676. The molecule has 4 rings (SSSR count). The van der Waals surface area contributed by atoms with Crippen LogP contribution in [0.2, 0.25) is 0 Å². The van der Waals surface area contributed by atoms with Gasteiger partial charge in [0.25, 0.3) is 11.8 Å². The minimum Gasteiger partial charge on any atom is -0.350 e. The molecule has 0 saturated heterocycles. The van der Waals surface area contributed by atoms with Crippen molar-refractivity contribution in [1.29, 1.82) is 0 Å². The van der Waals surface area contributed by atoms with Crippen molar-refractivity contribution < 1.29 is 9.59 Å². The van der Waals surface area contributed by atoms with Crippen molar-refractivity contribution in [2.75, 3.05) is 10.2 Å². The van der Waals surface area contributed by atoms with Crippen LogP contribution < -0.4 is 10.2 Å². The summed E-state index contributed by atoms with van der Waals surface area (Å²) in [6.45, 7) is 4.00. The van der Waals surface area contributed by atoms with Gasteiger partial charge in [-0.3, -0.25) is 9.59 Å². The van der Waals surface area contributed by atoms with E-state index in [1.165, 1.54) is 4.90 Å². The maximum absolute atomic E-state index is 13.3. The number of carbonyl (C=O) groups is 2. The molecule has 0 atom stereocenters. The van der Waals surface area contributed by atoms with E-state index in [0.717, 1.165) is 16.8 Å². The van der Waals surface area contributed by atoms with Crippen LogP contribution in [-0.4, -0.2) is 11.8 Å². The molecular formula is C24H20N2O2. The second-order valence-electron chi connectivity index (χ2n) is 6.84. The van der Waals surface area contributed by atoms with E-state index >= 15 is 0 Å². The van der Waals surface area contributed by atoms with Crippen molar-refractivity contribution >= 4 is 28.8 Å². The van der Waals surface area contributed by atoms with Crippen molar-refractivity contribution in [3.8, 4) is 0 Å². The summed E-state index contributed by atoms with van der Waals surface area (Å²) in [5, 5.41) is 3.23. The predicted octanol–water partition coefficient (Wildman–Crippen LogP) is 4.70. The lowest BCUT2D eigenvalue weighted by atomic mass is 10.0. The van der Waals surface area contributed by atoms with Crippen LogP contribution in [0, 0.1) is 13.8 Å². The molecule has 3 aromatic rings. The molecule has 4 heteroatoms. The zero-order valence-electron chi connectivity index (χ0n) is 15.8. The number of carbonyl (C=O) groups excluding carboxylic acids is 2. The van der Waals surface area contributed by atoms with Gasteiger partial charge in [-0.15, -0.1) is 0 Å². The van der Waals surface area contributed by atoms with Crippen molar-refractivity contribution in [3.05, 3.63) is 101 Å². The molecule has 0 unspecified atom stereocenters. The SMILES string of the molecule is Cc1ccc(NC2=C(c3ccccc3)C(=O)N(c3ccccc3)C2=O)c(C)c1. The van der Waals surface area contributed by atoms with E-state index in [1.54, 1.807) is 12.1 Å². The highest BCUT2D eigenvalue weighted by atomic mass is 16.2. The Kier molecular flexibility index (Phi) is 4.53. The lowest BCUT2D eigenvalue weighted by Crippen LogP contribution is -2.32. The molecule has 138 valence electrons.